The van der Waals surface area contributed by atoms with Gasteiger partial charge >= 0.3 is 0 Å². The molecule has 0 aliphatic carbocycles. The Balaban J connectivity index is 1.91. The number of ether oxygens (including phenoxy) is 1. The van der Waals surface area contributed by atoms with Crippen LogP contribution in [0.3, 0.4) is 0 Å². The van der Waals surface area contributed by atoms with Crippen LogP contribution < -0.4 is 5.32 Å². The molecule has 24 heavy (non-hydrogen) atoms. The highest BCUT2D eigenvalue weighted by Gasteiger charge is 2.35. The van der Waals surface area contributed by atoms with E-state index in [9.17, 15) is 0 Å². The molecule has 140 valence electrons. The van der Waals surface area contributed by atoms with Gasteiger partial charge in [0.25, 0.3) is 0 Å². The van der Waals surface area contributed by atoms with Gasteiger partial charge < -0.3 is 19.9 Å². The standard InChI is InChI=1S/C18H37N5O/c1-6-23-11-7-8-16(23)14-22(5)17(19-2)20-15-18(21(3)4)9-12-24-13-10-18/h16H,6-15H2,1-5H3,(H,19,20). The number of nitrogens with one attached hydrogen (secondary N) is 1. The van der Waals surface area contributed by atoms with Gasteiger partial charge in [-0.15, -0.1) is 0 Å². The lowest BCUT2D eigenvalue weighted by Crippen LogP contribution is -2.57. The van der Waals surface area contributed by atoms with Crippen LogP contribution in [0, 0.1) is 0 Å². The van der Waals surface area contributed by atoms with Gasteiger partial charge in [0.2, 0.25) is 0 Å². The van der Waals surface area contributed by atoms with Crippen molar-refractivity contribution >= 4 is 5.96 Å². The molecular formula is C18H37N5O. The molecule has 2 heterocycles. The largest absolute Gasteiger partial charge is 0.381 e. The Hall–Kier alpha value is -0.850. The van der Waals surface area contributed by atoms with Gasteiger partial charge in [-0.1, -0.05) is 6.92 Å². The Kier molecular flexibility index (Phi) is 7.32. The quantitative estimate of drug-likeness (QED) is 0.580. The molecule has 2 rings (SSSR count). The van der Waals surface area contributed by atoms with Crippen molar-refractivity contribution in [3.63, 3.8) is 0 Å². The number of likely N-dealkylation sites (tertiary alicyclic amines) is 1. The Labute approximate surface area is 148 Å². The molecule has 1 atom stereocenters. The van der Waals surface area contributed by atoms with Crippen molar-refractivity contribution in [3.05, 3.63) is 0 Å². The van der Waals surface area contributed by atoms with Crippen LogP contribution >= 0.6 is 0 Å². The van der Waals surface area contributed by atoms with Crippen LogP contribution in [0.15, 0.2) is 4.99 Å². The van der Waals surface area contributed by atoms with Crippen molar-refractivity contribution in [2.45, 2.75) is 44.2 Å². The molecule has 2 fully saturated rings. The molecule has 0 radical (unpaired) electrons. The molecule has 2 aliphatic heterocycles. The van der Waals surface area contributed by atoms with Gasteiger partial charge in [0.15, 0.2) is 5.96 Å². The van der Waals surface area contributed by atoms with E-state index in [0.29, 0.717) is 6.04 Å². The Bertz CT molecular complexity index is 406. The number of hydrogen-bond donors (Lipinski definition) is 1. The van der Waals surface area contributed by atoms with Gasteiger partial charge in [0, 0.05) is 52.0 Å². The average molecular weight is 340 g/mol. The lowest BCUT2D eigenvalue weighted by Gasteiger charge is -2.43. The second-order valence-corrected chi connectivity index (χ2v) is 7.44. The van der Waals surface area contributed by atoms with Crippen LogP contribution in [0.1, 0.15) is 32.6 Å². The normalized spacial score (nSPS) is 25.2. The highest BCUT2D eigenvalue weighted by atomic mass is 16.5. The highest BCUT2D eigenvalue weighted by Crippen LogP contribution is 2.25. The highest BCUT2D eigenvalue weighted by molar-refractivity contribution is 5.79. The number of aliphatic imine (C=N–C) groups is 1. The summed E-state index contributed by atoms with van der Waals surface area (Å²) in [5.74, 6) is 1.01. The molecule has 2 saturated heterocycles. The number of likely N-dealkylation sites (N-methyl/N-ethyl adjacent to an activating group) is 3. The zero-order valence-electron chi connectivity index (χ0n) is 16.3. The fraction of sp³-hybridized carbons (Fsp3) is 0.944. The summed E-state index contributed by atoms with van der Waals surface area (Å²) in [5, 5.41) is 3.63. The molecule has 0 saturated carbocycles. The smallest absolute Gasteiger partial charge is 0.193 e. The molecule has 1 N–H and O–H groups in total. The first kappa shape index (κ1) is 19.5. The van der Waals surface area contributed by atoms with E-state index in [2.05, 4.69) is 53.1 Å². The Morgan fingerprint density at radius 2 is 2.00 bits per heavy atom. The minimum atomic E-state index is 0.165. The SMILES string of the molecule is CCN1CCCC1CN(C)C(=NC)NCC1(N(C)C)CCOCC1. The molecule has 0 aromatic heterocycles. The molecule has 0 amide bonds. The third-order valence-corrected chi connectivity index (χ3v) is 5.91. The van der Waals surface area contributed by atoms with Crippen molar-refractivity contribution in [1.82, 2.24) is 20.0 Å². The first-order valence-electron chi connectivity index (χ1n) is 9.43. The first-order chi connectivity index (χ1) is 11.5. The molecular weight excluding hydrogens is 302 g/mol. The van der Waals surface area contributed by atoms with Gasteiger partial charge in [0.1, 0.15) is 0 Å². The average Bonchev–Trinajstić information content (AvgIpc) is 3.03. The van der Waals surface area contributed by atoms with Crippen molar-refractivity contribution in [1.29, 1.82) is 0 Å². The van der Waals surface area contributed by atoms with Crippen LogP contribution in [0.5, 0.6) is 0 Å². The fourth-order valence-electron chi connectivity index (χ4n) is 4.08. The molecule has 6 nitrogen and oxygen atoms in total. The summed E-state index contributed by atoms with van der Waals surface area (Å²) < 4.78 is 5.57. The maximum atomic E-state index is 5.57. The van der Waals surface area contributed by atoms with Crippen LogP contribution in [0.2, 0.25) is 0 Å². The minimum absolute atomic E-state index is 0.165. The first-order valence-corrected chi connectivity index (χ1v) is 9.43. The molecule has 1 unspecified atom stereocenters. The van der Waals surface area contributed by atoms with Gasteiger partial charge in [-0.2, -0.15) is 0 Å². The lowest BCUT2D eigenvalue weighted by atomic mass is 9.88. The van der Waals surface area contributed by atoms with Gasteiger partial charge in [-0.3, -0.25) is 9.89 Å². The second kappa shape index (κ2) is 9.02. The Morgan fingerprint density at radius 3 is 2.58 bits per heavy atom. The molecule has 0 bridgehead atoms. The monoisotopic (exact) mass is 339 g/mol. The van der Waals surface area contributed by atoms with Crippen molar-refractivity contribution < 1.29 is 4.74 Å². The minimum Gasteiger partial charge on any atom is -0.381 e. The van der Waals surface area contributed by atoms with E-state index in [0.717, 1.165) is 51.6 Å². The molecule has 6 heteroatoms. The fourth-order valence-corrected chi connectivity index (χ4v) is 4.08. The van der Waals surface area contributed by atoms with Crippen LogP contribution in [0.4, 0.5) is 0 Å². The summed E-state index contributed by atoms with van der Waals surface area (Å²) in [6.07, 6.45) is 4.76. The predicted molar refractivity (Wildman–Crippen MR) is 101 cm³/mol. The van der Waals surface area contributed by atoms with Crippen LogP contribution in [-0.4, -0.2) is 99.8 Å². The van der Waals surface area contributed by atoms with E-state index in [1.54, 1.807) is 0 Å². The molecule has 0 spiro atoms. The van der Waals surface area contributed by atoms with E-state index in [-0.39, 0.29) is 5.54 Å². The third-order valence-electron chi connectivity index (χ3n) is 5.91. The summed E-state index contributed by atoms with van der Waals surface area (Å²) in [6, 6.07) is 0.657. The van der Waals surface area contributed by atoms with E-state index in [4.69, 9.17) is 4.74 Å². The summed E-state index contributed by atoms with van der Waals surface area (Å²) in [4.78, 5) is 11.8. The summed E-state index contributed by atoms with van der Waals surface area (Å²) in [6.45, 7) is 8.31. The van der Waals surface area contributed by atoms with E-state index in [1.165, 1.54) is 19.4 Å². The summed E-state index contributed by atoms with van der Waals surface area (Å²) in [7, 11) is 8.40. The number of nitrogens with zero attached hydrogens (tertiary/aromatic N) is 4. The Morgan fingerprint density at radius 1 is 1.29 bits per heavy atom. The zero-order chi connectivity index (χ0) is 17.6. The van der Waals surface area contributed by atoms with Crippen molar-refractivity contribution in [2.75, 3.05) is 67.6 Å². The molecule has 0 aromatic rings. The van der Waals surface area contributed by atoms with Gasteiger partial charge in [-0.05, 0) is 52.9 Å². The zero-order valence-corrected chi connectivity index (χ0v) is 16.3. The van der Waals surface area contributed by atoms with Crippen LogP contribution in [-0.2, 0) is 4.74 Å². The van der Waals surface area contributed by atoms with Crippen molar-refractivity contribution in [2.24, 2.45) is 4.99 Å². The topological polar surface area (TPSA) is 43.3 Å². The van der Waals surface area contributed by atoms with Crippen molar-refractivity contribution in [3.8, 4) is 0 Å². The summed E-state index contributed by atoms with van der Waals surface area (Å²) >= 11 is 0. The van der Waals surface area contributed by atoms with E-state index < -0.39 is 0 Å². The lowest BCUT2D eigenvalue weighted by molar-refractivity contribution is -0.00523. The predicted octanol–water partition coefficient (Wildman–Crippen LogP) is 1.09. The second-order valence-electron chi connectivity index (χ2n) is 7.44. The third kappa shape index (κ3) is 4.61. The number of guanidine groups is 1. The maximum absolute atomic E-state index is 5.57. The molecule has 0 aromatic carbocycles. The molecule has 2 aliphatic rings. The van der Waals surface area contributed by atoms with E-state index >= 15 is 0 Å². The summed E-state index contributed by atoms with van der Waals surface area (Å²) in [5.41, 5.74) is 0.165. The number of hydrogen-bond acceptors (Lipinski definition) is 4. The van der Waals surface area contributed by atoms with Gasteiger partial charge in [-0.25, -0.2) is 0 Å². The van der Waals surface area contributed by atoms with E-state index in [1.807, 2.05) is 7.05 Å². The number of rotatable bonds is 6. The van der Waals surface area contributed by atoms with Crippen LogP contribution in [0.25, 0.3) is 0 Å². The maximum Gasteiger partial charge on any atom is 0.193 e. The van der Waals surface area contributed by atoms with Gasteiger partial charge in [0.05, 0.1) is 0 Å².